The van der Waals surface area contributed by atoms with Crippen molar-refractivity contribution in [2.75, 3.05) is 0 Å². The van der Waals surface area contributed by atoms with Crippen LogP contribution in [-0.4, -0.2) is 9.55 Å². The van der Waals surface area contributed by atoms with Gasteiger partial charge < -0.3 is 4.57 Å². The summed E-state index contributed by atoms with van der Waals surface area (Å²) in [7, 11) is 0. The van der Waals surface area contributed by atoms with Crippen LogP contribution in [0.15, 0.2) is 79.0 Å². The number of nitrogens with zero attached hydrogens (tertiary/aromatic N) is 2. The maximum absolute atomic E-state index is 6.36. The van der Waals surface area contributed by atoms with Gasteiger partial charge in [0.2, 0.25) is 0 Å². The summed E-state index contributed by atoms with van der Waals surface area (Å²) < 4.78 is 2.11. The van der Waals surface area contributed by atoms with E-state index >= 15 is 0 Å². The molecule has 144 valence electrons. The molecule has 0 saturated heterocycles. The third kappa shape index (κ3) is 4.45. The van der Waals surface area contributed by atoms with Crippen LogP contribution in [0.1, 0.15) is 18.3 Å². The van der Waals surface area contributed by atoms with Gasteiger partial charge in [-0.2, -0.15) is 0 Å². The van der Waals surface area contributed by atoms with Crippen LogP contribution in [0.5, 0.6) is 0 Å². The fourth-order valence-electron chi connectivity index (χ4n) is 3.23. The number of benzene rings is 3. The van der Waals surface area contributed by atoms with E-state index in [0.29, 0.717) is 10.0 Å². The van der Waals surface area contributed by atoms with Crippen molar-refractivity contribution in [1.82, 2.24) is 9.55 Å². The lowest BCUT2D eigenvalue weighted by Crippen LogP contribution is -1.94. The minimum atomic E-state index is 0.602. The van der Waals surface area contributed by atoms with Crippen LogP contribution in [0, 0.1) is 0 Å². The molecule has 2 nitrogen and oxygen atoms in total. The fourth-order valence-corrected chi connectivity index (χ4v) is 3.74. The quantitative estimate of drug-likeness (QED) is 0.324. The third-order valence-electron chi connectivity index (χ3n) is 4.80. The van der Waals surface area contributed by atoms with Gasteiger partial charge in [-0.05, 0) is 47.9 Å². The molecule has 0 radical (unpaired) electrons. The van der Waals surface area contributed by atoms with E-state index in [4.69, 9.17) is 28.2 Å². The highest BCUT2D eigenvalue weighted by Gasteiger charge is 2.10. The molecule has 0 N–H and O–H groups in total. The first kappa shape index (κ1) is 19.5. The number of aromatic nitrogens is 2. The highest BCUT2D eigenvalue weighted by Crippen LogP contribution is 2.30. The average Bonchev–Trinajstić information content (AvgIpc) is 3.16. The van der Waals surface area contributed by atoms with Crippen LogP contribution in [0.2, 0.25) is 10.0 Å². The molecule has 4 rings (SSSR count). The predicted molar refractivity (Wildman–Crippen MR) is 124 cm³/mol. The van der Waals surface area contributed by atoms with Crippen LogP contribution in [0.4, 0.5) is 0 Å². The fraction of sp³-hybridized carbons (Fsp3) is 0.0800. The smallest absolute Gasteiger partial charge is 0.133 e. The maximum atomic E-state index is 6.36. The molecule has 4 heteroatoms. The predicted octanol–water partition coefficient (Wildman–Crippen LogP) is 7.71. The molecule has 0 spiro atoms. The number of hydrogen-bond acceptors (Lipinski definition) is 1. The molecule has 0 saturated carbocycles. The van der Waals surface area contributed by atoms with Gasteiger partial charge in [-0.1, -0.05) is 83.9 Å². The largest absolute Gasteiger partial charge is 0.331 e. The van der Waals surface area contributed by atoms with E-state index in [-0.39, 0.29) is 0 Å². The third-order valence-corrected chi connectivity index (χ3v) is 5.35. The Hall–Kier alpha value is -2.81. The van der Waals surface area contributed by atoms with Crippen LogP contribution < -0.4 is 0 Å². The number of hydrogen-bond donors (Lipinski definition) is 0. The minimum Gasteiger partial charge on any atom is -0.331 e. The van der Waals surface area contributed by atoms with Crippen LogP contribution >= 0.6 is 23.2 Å². The molecule has 0 bridgehead atoms. The van der Waals surface area contributed by atoms with Crippen molar-refractivity contribution in [3.05, 3.63) is 100 Å². The van der Waals surface area contributed by atoms with Gasteiger partial charge in [-0.15, -0.1) is 0 Å². The number of aryl methyl sites for hydroxylation is 1. The molecule has 0 fully saturated rings. The second-order valence-corrected chi connectivity index (χ2v) is 7.56. The lowest BCUT2D eigenvalue weighted by molar-refractivity contribution is 0.753. The summed E-state index contributed by atoms with van der Waals surface area (Å²) in [6.07, 6.45) is 6.14. The highest BCUT2D eigenvalue weighted by atomic mass is 35.5. The van der Waals surface area contributed by atoms with Crippen molar-refractivity contribution in [2.24, 2.45) is 0 Å². The Morgan fingerprint density at radius 1 is 0.862 bits per heavy atom. The Labute approximate surface area is 181 Å². The van der Waals surface area contributed by atoms with Crippen LogP contribution in [0.25, 0.3) is 34.5 Å². The van der Waals surface area contributed by atoms with Crippen molar-refractivity contribution >= 4 is 35.4 Å². The van der Waals surface area contributed by atoms with Gasteiger partial charge >= 0.3 is 0 Å². The summed E-state index contributed by atoms with van der Waals surface area (Å²) >= 11 is 12.4. The number of rotatable bonds is 5. The number of halogens is 2. The van der Waals surface area contributed by atoms with Crippen molar-refractivity contribution < 1.29 is 0 Å². The zero-order valence-electron chi connectivity index (χ0n) is 16.0. The van der Waals surface area contributed by atoms with E-state index in [1.54, 1.807) is 6.07 Å². The summed E-state index contributed by atoms with van der Waals surface area (Å²) in [5.74, 6) is 0.889. The van der Waals surface area contributed by atoms with E-state index in [2.05, 4.69) is 66.1 Å². The highest BCUT2D eigenvalue weighted by molar-refractivity contribution is 6.36. The second-order valence-electron chi connectivity index (χ2n) is 6.72. The molecule has 0 aliphatic rings. The van der Waals surface area contributed by atoms with Crippen molar-refractivity contribution in [1.29, 1.82) is 0 Å². The van der Waals surface area contributed by atoms with Gasteiger partial charge in [0, 0.05) is 23.3 Å². The van der Waals surface area contributed by atoms with Crippen LogP contribution in [0.3, 0.4) is 0 Å². The molecule has 1 heterocycles. The molecule has 29 heavy (non-hydrogen) atoms. The molecular weight excluding hydrogens is 399 g/mol. The Morgan fingerprint density at radius 3 is 2.28 bits per heavy atom. The summed E-state index contributed by atoms with van der Waals surface area (Å²) in [6.45, 7) is 2.92. The zero-order chi connectivity index (χ0) is 20.2. The second kappa shape index (κ2) is 8.69. The maximum Gasteiger partial charge on any atom is 0.133 e. The van der Waals surface area contributed by atoms with E-state index in [1.807, 2.05) is 30.5 Å². The lowest BCUT2D eigenvalue weighted by Gasteiger charge is -2.02. The Balaban J connectivity index is 1.59. The zero-order valence-corrected chi connectivity index (χ0v) is 17.5. The monoisotopic (exact) mass is 418 g/mol. The summed E-state index contributed by atoms with van der Waals surface area (Å²) in [6, 6.07) is 24.4. The molecule has 0 unspecified atom stereocenters. The molecular formula is C25H20Cl2N2. The van der Waals surface area contributed by atoms with Gasteiger partial charge in [0.25, 0.3) is 0 Å². The molecule has 0 atom stereocenters. The minimum absolute atomic E-state index is 0.602. The van der Waals surface area contributed by atoms with Gasteiger partial charge in [0.05, 0.1) is 10.7 Å². The molecule has 3 aromatic carbocycles. The SMILES string of the molecule is CCn1cc(-c2ccc(Cl)cc2Cl)nc1/C=C/c1ccc(-c2ccccc2)cc1. The van der Waals surface area contributed by atoms with E-state index in [0.717, 1.165) is 29.2 Å². The van der Waals surface area contributed by atoms with Crippen molar-refractivity contribution in [2.45, 2.75) is 13.5 Å². The standard InChI is InChI=1S/C25H20Cl2N2/c1-2-29-17-24(22-14-13-21(26)16-23(22)27)28-25(29)15-10-18-8-11-20(12-9-18)19-6-4-3-5-7-19/h3-17H,2H2,1H3/b15-10+. The Bertz CT molecular complexity index is 1140. The topological polar surface area (TPSA) is 17.8 Å². The van der Waals surface area contributed by atoms with Gasteiger partial charge in [-0.25, -0.2) is 4.98 Å². The molecule has 4 aromatic rings. The lowest BCUT2D eigenvalue weighted by atomic mass is 10.0. The Kier molecular flexibility index (Phi) is 5.84. The average molecular weight is 419 g/mol. The molecule has 1 aromatic heterocycles. The van der Waals surface area contributed by atoms with Gasteiger partial charge in [0.1, 0.15) is 5.82 Å². The van der Waals surface area contributed by atoms with Crippen molar-refractivity contribution in [3.63, 3.8) is 0 Å². The van der Waals surface area contributed by atoms with Gasteiger partial charge in [0.15, 0.2) is 0 Å². The first-order valence-electron chi connectivity index (χ1n) is 9.50. The van der Waals surface area contributed by atoms with Crippen molar-refractivity contribution in [3.8, 4) is 22.4 Å². The first-order valence-corrected chi connectivity index (χ1v) is 10.3. The first-order chi connectivity index (χ1) is 14.1. The van der Waals surface area contributed by atoms with Gasteiger partial charge in [-0.3, -0.25) is 0 Å². The normalized spacial score (nSPS) is 11.3. The summed E-state index contributed by atoms with van der Waals surface area (Å²) in [4.78, 5) is 4.77. The molecule has 0 aliphatic heterocycles. The van der Waals surface area contributed by atoms with E-state index in [1.165, 1.54) is 11.1 Å². The molecule has 0 aliphatic carbocycles. The summed E-state index contributed by atoms with van der Waals surface area (Å²) in [5.41, 5.74) is 5.27. The van der Waals surface area contributed by atoms with Crippen LogP contribution in [-0.2, 0) is 6.54 Å². The van der Waals surface area contributed by atoms with E-state index in [9.17, 15) is 0 Å². The summed E-state index contributed by atoms with van der Waals surface area (Å²) in [5, 5.41) is 1.22. The van der Waals surface area contributed by atoms with E-state index < -0.39 is 0 Å². The Morgan fingerprint density at radius 2 is 1.59 bits per heavy atom. The number of imidazole rings is 1. The molecule has 0 amide bonds.